The number of carbonyl (C=O) groups is 1. The molecule has 0 amide bonds. The predicted octanol–water partition coefficient (Wildman–Crippen LogP) is 5.39. The highest BCUT2D eigenvalue weighted by molar-refractivity contribution is 6.10. The van der Waals surface area contributed by atoms with Crippen molar-refractivity contribution in [3.63, 3.8) is 0 Å². The molecule has 0 spiro atoms. The number of benzene rings is 2. The van der Waals surface area contributed by atoms with Crippen molar-refractivity contribution in [2.45, 2.75) is 47.1 Å². The zero-order valence-electron chi connectivity index (χ0n) is 21.1. The van der Waals surface area contributed by atoms with E-state index in [0.717, 1.165) is 81.3 Å². The highest BCUT2D eigenvalue weighted by Gasteiger charge is 2.26. The summed E-state index contributed by atoms with van der Waals surface area (Å²) in [7, 11) is 0. The van der Waals surface area contributed by atoms with Crippen LogP contribution in [0.25, 0.3) is 0 Å². The number of ether oxygens (including phenoxy) is 1. The fourth-order valence-electron chi connectivity index (χ4n) is 4.95. The van der Waals surface area contributed by atoms with E-state index in [-0.39, 0.29) is 11.8 Å². The van der Waals surface area contributed by atoms with E-state index in [2.05, 4.69) is 73.6 Å². The minimum Gasteiger partial charge on any atom is -0.379 e. The fourth-order valence-corrected chi connectivity index (χ4v) is 4.95. The number of hydrogen-bond donors (Lipinski definition) is 0. The van der Waals surface area contributed by atoms with Crippen molar-refractivity contribution in [3.8, 4) is 0 Å². The second-order valence-electron chi connectivity index (χ2n) is 8.56. The van der Waals surface area contributed by atoms with Gasteiger partial charge in [0, 0.05) is 67.8 Å². The molecule has 0 aromatic heterocycles. The lowest BCUT2D eigenvalue weighted by molar-refractivity contribution is 0.0151. The SMILES string of the molecule is CCC(c1cc(N(CC)CC)ccc1C(=O)c1ccc(N(CC)CC)cc1)N1CCOCC1. The molecule has 33 heavy (non-hydrogen) atoms. The van der Waals surface area contributed by atoms with E-state index in [1.165, 1.54) is 5.69 Å². The summed E-state index contributed by atoms with van der Waals surface area (Å²) in [6, 6.07) is 14.7. The van der Waals surface area contributed by atoms with Crippen molar-refractivity contribution in [1.29, 1.82) is 0 Å². The Hall–Kier alpha value is -2.37. The first-order chi connectivity index (χ1) is 16.1. The number of carbonyl (C=O) groups excluding carboxylic acids is 1. The highest BCUT2D eigenvalue weighted by Crippen LogP contribution is 2.33. The maximum Gasteiger partial charge on any atom is 0.193 e. The molecule has 0 radical (unpaired) electrons. The third-order valence-corrected chi connectivity index (χ3v) is 6.90. The van der Waals surface area contributed by atoms with Crippen molar-refractivity contribution < 1.29 is 9.53 Å². The Kier molecular flexibility index (Phi) is 9.33. The van der Waals surface area contributed by atoms with Gasteiger partial charge in [0.15, 0.2) is 5.78 Å². The van der Waals surface area contributed by atoms with Gasteiger partial charge in [0.1, 0.15) is 0 Å². The fraction of sp³-hybridized carbons (Fsp3) is 0.536. The van der Waals surface area contributed by atoms with E-state index in [1.807, 2.05) is 18.2 Å². The van der Waals surface area contributed by atoms with Gasteiger partial charge in [-0.15, -0.1) is 0 Å². The maximum absolute atomic E-state index is 13.7. The molecular weight excluding hydrogens is 410 g/mol. The topological polar surface area (TPSA) is 36.0 Å². The van der Waals surface area contributed by atoms with Gasteiger partial charge in [-0.05, 0) is 82.1 Å². The Morgan fingerprint density at radius 1 is 0.848 bits per heavy atom. The number of rotatable bonds is 11. The molecular formula is C28H41N3O2. The zero-order chi connectivity index (χ0) is 23.8. The molecule has 1 saturated heterocycles. The molecule has 180 valence electrons. The van der Waals surface area contributed by atoms with Crippen LogP contribution in [0.1, 0.15) is 68.6 Å². The first-order valence-corrected chi connectivity index (χ1v) is 12.7. The summed E-state index contributed by atoms with van der Waals surface area (Å²) in [4.78, 5) is 20.9. The third-order valence-electron chi connectivity index (χ3n) is 6.90. The van der Waals surface area contributed by atoms with Crippen LogP contribution in [-0.4, -0.2) is 63.2 Å². The van der Waals surface area contributed by atoms with Crippen LogP contribution in [0.5, 0.6) is 0 Å². The molecule has 1 unspecified atom stereocenters. The number of anilines is 2. The molecule has 1 atom stereocenters. The van der Waals surface area contributed by atoms with Crippen LogP contribution in [0.2, 0.25) is 0 Å². The molecule has 1 aliphatic heterocycles. The molecule has 5 heteroatoms. The minimum absolute atomic E-state index is 0.105. The Labute approximate surface area is 200 Å². The van der Waals surface area contributed by atoms with Crippen LogP contribution in [0.4, 0.5) is 11.4 Å². The summed E-state index contributed by atoms with van der Waals surface area (Å²) in [5.74, 6) is 0.105. The minimum atomic E-state index is 0.105. The van der Waals surface area contributed by atoms with Crippen LogP contribution in [0.3, 0.4) is 0 Å². The summed E-state index contributed by atoms with van der Waals surface area (Å²) in [6.45, 7) is 18.0. The molecule has 1 aliphatic rings. The molecule has 2 aromatic rings. The van der Waals surface area contributed by atoms with Crippen molar-refractivity contribution in [2.24, 2.45) is 0 Å². The number of ketones is 1. The maximum atomic E-state index is 13.7. The van der Waals surface area contributed by atoms with Crippen LogP contribution in [-0.2, 0) is 4.74 Å². The van der Waals surface area contributed by atoms with Gasteiger partial charge in [-0.3, -0.25) is 9.69 Å². The number of hydrogen-bond acceptors (Lipinski definition) is 5. The molecule has 3 rings (SSSR count). The lowest BCUT2D eigenvalue weighted by atomic mass is 9.91. The summed E-state index contributed by atoms with van der Waals surface area (Å²) >= 11 is 0. The van der Waals surface area contributed by atoms with Crippen molar-refractivity contribution >= 4 is 17.2 Å². The largest absolute Gasteiger partial charge is 0.379 e. The predicted molar refractivity (Wildman–Crippen MR) is 139 cm³/mol. The Morgan fingerprint density at radius 3 is 1.94 bits per heavy atom. The Balaban J connectivity index is 2.01. The summed E-state index contributed by atoms with van der Waals surface area (Å²) in [6.07, 6.45) is 0.961. The second-order valence-corrected chi connectivity index (χ2v) is 8.56. The van der Waals surface area contributed by atoms with Crippen molar-refractivity contribution in [1.82, 2.24) is 4.90 Å². The molecule has 0 N–H and O–H groups in total. The van der Waals surface area contributed by atoms with Crippen molar-refractivity contribution in [2.75, 3.05) is 62.3 Å². The molecule has 0 bridgehead atoms. The van der Waals surface area contributed by atoms with E-state index >= 15 is 0 Å². The third kappa shape index (κ3) is 5.77. The number of nitrogens with zero attached hydrogens (tertiary/aromatic N) is 3. The van der Waals surface area contributed by atoms with Crippen molar-refractivity contribution in [3.05, 3.63) is 59.2 Å². The quantitative estimate of drug-likeness (QED) is 0.428. The Morgan fingerprint density at radius 2 is 1.39 bits per heavy atom. The van der Waals surface area contributed by atoms with Gasteiger partial charge in [-0.2, -0.15) is 0 Å². The molecule has 0 saturated carbocycles. The standard InChI is InChI=1S/C28H41N3O2/c1-6-27(31-17-19-33-20-18-31)26-21-24(30(9-4)10-5)15-16-25(26)28(32)22-11-13-23(14-12-22)29(7-2)8-3/h11-16,21,27H,6-10,17-20H2,1-5H3. The van der Waals surface area contributed by atoms with E-state index in [1.54, 1.807) is 0 Å². The normalized spacial score (nSPS) is 15.3. The second kappa shape index (κ2) is 12.2. The van der Waals surface area contributed by atoms with Gasteiger partial charge in [-0.25, -0.2) is 0 Å². The average molecular weight is 452 g/mol. The van der Waals surface area contributed by atoms with Gasteiger partial charge in [0.2, 0.25) is 0 Å². The summed E-state index contributed by atoms with van der Waals surface area (Å²) in [5, 5.41) is 0. The van der Waals surface area contributed by atoms with E-state index in [9.17, 15) is 4.79 Å². The van der Waals surface area contributed by atoms with Crippen LogP contribution >= 0.6 is 0 Å². The lowest BCUT2D eigenvalue weighted by Gasteiger charge is -2.35. The number of morpholine rings is 1. The zero-order valence-corrected chi connectivity index (χ0v) is 21.1. The van der Waals surface area contributed by atoms with E-state index in [0.29, 0.717) is 0 Å². The van der Waals surface area contributed by atoms with Crippen LogP contribution < -0.4 is 9.80 Å². The molecule has 1 heterocycles. The first kappa shape index (κ1) is 25.3. The van der Waals surface area contributed by atoms with Gasteiger partial charge < -0.3 is 14.5 Å². The van der Waals surface area contributed by atoms with Gasteiger partial charge in [0.05, 0.1) is 13.2 Å². The smallest absolute Gasteiger partial charge is 0.193 e. The van der Waals surface area contributed by atoms with Gasteiger partial charge in [0.25, 0.3) is 0 Å². The molecule has 0 aliphatic carbocycles. The van der Waals surface area contributed by atoms with Gasteiger partial charge in [-0.1, -0.05) is 6.92 Å². The van der Waals surface area contributed by atoms with E-state index in [4.69, 9.17) is 4.74 Å². The summed E-state index contributed by atoms with van der Waals surface area (Å²) in [5.41, 5.74) is 5.06. The van der Waals surface area contributed by atoms with Gasteiger partial charge >= 0.3 is 0 Å². The van der Waals surface area contributed by atoms with Crippen LogP contribution in [0.15, 0.2) is 42.5 Å². The van der Waals surface area contributed by atoms with Crippen LogP contribution in [0, 0.1) is 0 Å². The molecule has 1 fully saturated rings. The Bertz CT molecular complexity index is 883. The van der Waals surface area contributed by atoms with E-state index < -0.39 is 0 Å². The first-order valence-electron chi connectivity index (χ1n) is 12.7. The lowest BCUT2D eigenvalue weighted by Crippen LogP contribution is -2.39. The monoisotopic (exact) mass is 451 g/mol. The molecule has 2 aromatic carbocycles. The summed E-state index contributed by atoms with van der Waals surface area (Å²) < 4.78 is 5.60. The highest BCUT2D eigenvalue weighted by atomic mass is 16.5. The molecule has 5 nitrogen and oxygen atoms in total. The average Bonchev–Trinajstić information content (AvgIpc) is 2.87.